The van der Waals surface area contributed by atoms with Crippen LogP contribution in [-0.2, 0) is 22.7 Å². The molecule has 2 N–H and O–H groups in total. The molecule has 0 aliphatic carbocycles. The van der Waals surface area contributed by atoms with Crippen LogP contribution in [0.3, 0.4) is 0 Å². The number of aliphatic carboxylic acids is 1. The number of carboxylic acids is 1. The zero-order valence-electron chi connectivity index (χ0n) is 12.8. The van der Waals surface area contributed by atoms with Crippen LogP contribution in [0.5, 0.6) is 0 Å². The number of aryl methyl sites for hydroxylation is 2. The molecule has 1 aromatic heterocycles. The molecule has 0 bridgehead atoms. The van der Waals surface area contributed by atoms with E-state index in [0.29, 0.717) is 25.1 Å². The fraction of sp³-hybridized carbons (Fsp3) is 0.533. The van der Waals surface area contributed by atoms with Gasteiger partial charge in [-0.25, -0.2) is 9.13 Å². The van der Waals surface area contributed by atoms with Crippen LogP contribution in [0.25, 0.3) is 0 Å². The second kappa shape index (κ2) is 8.24. The summed E-state index contributed by atoms with van der Waals surface area (Å²) in [6, 6.07) is 0. The minimum Gasteiger partial charge on any atom is -0.481 e. The van der Waals surface area contributed by atoms with Crippen molar-refractivity contribution in [2.45, 2.75) is 46.2 Å². The van der Waals surface area contributed by atoms with Gasteiger partial charge in [-0.3, -0.25) is 9.59 Å². The van der Waals surface area contributed by atoms with Crippen molar-refractivity contribution >= 4 is 11.9 Å². The van der Waals surface area contributed by atoms with Gasteiger partial charge in [0.1, 0.15) is 12.4 Å². The highest BCUT2D eigenvalue weighted by Crippen LogP contribution is 1.99. The van der Waals surface area contributed by atoms with Gasteiger partial charge in [0.25, 0.3) is 5.82 Å². The summed E-state index contributed by atoms with van der Waals surface area (Å²) in [5.41, 5.74) is 0.517. The van der Waals surface area contributed by atoms with Gasteiger partial charge in [-0.15, -0.1) is 0 Å². The van der Waals surface area contributed by atoms with Crippen molar-refractivity contribution < 1.29 is 19.3 Å². The Bertz CT molecular complexity index is 520. The zero-order chi connectivity index (χ0) is 15.8. The number of hydrogen-bond acceptors (Lipinski definition) is 2. The SMILES string of the molecule is C=C(C)C(=O)NCCC[n+]1ccn(CCCC(=O)O)c1C. The summed E-state index contributed by atoms with van der Waals surface area (Å²) < 4.78 is 4.16. The molecule has 0 aromatic carbocycles. The van der Waals surface area contributed by atoms with Crippen LogP contribution in [0.4, 0.5) is 0 Å². The number of nitrogens with zero attached hydrogens (tertiary/aromatic N) is 2. The molecule has 0 unspecified atom stereocenters. The van der Waals surface area contributed by atoms with Crippen LogP contribution in [0.15, 0.2) is 24.5 Å². The number of nitrogens with one attached hydrogen (secondary N) is 1. The van der Waals surface area contributed by atoms with Gasteiger partial charge in [0.05, 0.1) is 13.1 Å². The Kier molecular flexibility index (Phi) is 6.65. The predicted molar refractivity (Wildman–Crippen MR) is 78.7 cm³/mol. The maximum Gasteiger partial charge on any atom is 0.303 e. The Morgan fingerprint density at radius 1 is 1.43 bits per heavy atom. The molecule has 1 rings (SSSR count). The largest absolute Gasteiger partial charge is 0.481 e. The summed E-state index contributed by atoms with van der Waals surface area (Å²) in [4.78, 5) is 21.8. The van der Waals surface area contributed by atoms with E-state index in [1.807, 2.05) is 19.3 Å². The summed E-state index contributed by atoms with van der Waals surface area (Å²) in [5, 5.41) is 11.4. The molecular weight excluding hydrogens is 270 g/mol. The van der Waals surface area contributed by atoms with Crippen LogP contribution < -0.4 is 9.88 Å². The molecule has 1 heterocycles. The third-order valence-corrected chi connectivity index (χ3v) is 3.30. The van der Waals surface area contributed by atoms with Crippen molar-refractivity contribution in [2.24, 2.45) is 0 Å². The van der Waals surface area contributed by atoms with Crippen molar-refractivity contribution in [3.8, 4) is 0 Å². The molecule has 0 saturated heterocycles. The van der Waals surface area contributed by atoms with Gasteiger partial charge in [0, 0.05) is 31.9 Å². The lowest BCUT2D eigenvalue weighted by Crippen LogP contribution is -2.37. The van der Waals surface area contributed by atoms with E-state index in [1.165, 1.54) is 0 Å². The Morgan fingerprint density at radius 2 is 2.14 bits per heavy atom. The predicted octanol–water partition coefficient (Wildman–Crippen LogP) is 1.03. The number of hydrogen-bond donors (Lipinski definition) is 2. The fourth-order valence-corrected chi connectivity index (χ4v) is 2.02. The highest BCUT2D eigenvalue weighted by molar-refractivity contribution is 5.91. The number of carbonyl (C=O) groups excluding carboxylic acids is 1. The molecule has 116 valence electrons. The minimum absolute atomic E-state index is 0.108. The van der Waals surface area contributed by atoms with Gasteiger partial charge in [-0.1, -0.05) is 6.58 Å². The minimum atomic E-state index is -0.763. The third kappa shape index (κ3) is 5.81. The first kappa shape index (κ1) is 16.9. The second-order valence-electron chi connectivity index (χ2n) is 5.12. The van der Waals surface area contributed by atoms with Crippen molar-refractivity contribution in [3.63, 3.8) is 0 Å². The molecule has 0 aliphatic rings. The van der Waals surface area contributed by atoms with E-state index in [-0.39, 0.29) is 12.3 Å². The summed E-state index contributed by atoms with van der Waals surface area (Å²) >= 11 is 0. The monoisotopic (exact) mass is 294 g/mol. The molecule has 0 radical (unpaired) electrons. The second-order valence-corrected chi connectivity index (χ2v) is 5.12. The fourth-order valence-electron chi connectivity index (χ4n) is 2.02. The Balaban J connectivity index is 2.36. The average Bonchev–Trinajstić information content (AvgIpc) is 2.75. The highest BCUT2D eigenvalue weighted by atomic mass is 16.4. The number of rotatable bonds is 9. The van der Waals surface area contributed by atoms with Crippen LogP contribution in [0.2, 0.25) is 0 Å². The Labute approximate surface area is 125 Å². The number of aromatic nitrogens is 2. The lowest BCUT2D eigenvalue weighted by Gasteiger charge is -2.04. The maximum absolute atomic E-state index is 11.3. The Hall–Kier alpha value is -2.11. The molecule has 0 atom stereocenters. The standard InChI is InChI=1S/C15H23N3O3/c1-12(2)15(21)16-7-5-9-18-11-10-17(13(18)3)8-4-6-14(19)20/h10-11H,1,4-9H2,2-3H3,(H-,16,19,20,21)/p+1. The first-order valence-corrected chi connectivity index (χ1v) is 7.12. The molecule has 1 aromatic rings. The van der Waals surface area contributed by atoms with Gasteiger partial charge in [-0.05, 0) is 13.3 Å². The van der Waals surface area contributed by atoms with Crippen LogP contribution in [-0.4, -0.2) is 28.1 Å². The zero-order valence-corrected chi connectivity index (χ0v) is 12.8. The third-order valence-electron chi connectivity index (χ3n) is 3.30. The van der Waals surface area contributed by atoms with E-state index in [1.54, 1.807) is 6.92 Å². The number of carbonyl (C=O) groups is 2. The van der Waals surface area contributed by atoms with E-state index in [9.17, 15) is 9.59 Å². The van der Waals surface area contributed by atoms with Gasteiger partial charge in [0.2, 0.25) is 5.91 Å². The quantitative estimate of drug-likeness (QED) is 0.406. The topological polar surface area (TPSA) is 75.2 Å². The van der Waals surface area contributed by atoms with Crippen LogP contribution in [0.1, 0.15) is 32.0 Å². The summed E-state index contributed by atoms with van der Waals surface area (Å²) in [6.07, 6.45) is 5.59. The first-order chi connectivity index (χ1) is 9.91. The lowest BCUT2D eigenvalue weighted by molar-refractivity contribution is -0.702. The normalized spacial score (nSPS) is 10.4. The van der Waals surface area contributed by atoms with Gasteiger partial charge >= 0.3 is 5.97 Å². The first-order valence-electron chi connectivity index (χ1n) is 7.12. The van der Waals surface area contributed by atoms with Crippen molar-refractivity contribution in [1.82, 2.24) is 9.88 Å². The highest BCUT2D eigenvalue weighted by Gasteiger charge is 2.12. The van der Waals surface area contributed by atoms with E-state index in [2.05, 4.69) is 21.0 Å². The van der Waals surface area contributed by atoms with E-state index >= 15 is 0 Å². The maximum atomic E-state index is 11.3. The molecule has 0 spiro atoms. The molecule has 0 saturated carbocycles. The summed E-state index contributed by atoms with van der Waals surface area (Å²) in [7, 11) is 0. The van der Waals surface area contributed by atoms with Gasteiger partial charge < -0.3 is 10.4 Å². The number of amides is 1. The van der Waals surface area contributed by atoms with Crippen LogP contribution >= 0.6 is 0 Å². The van der Waals surface area contributed by atoms with Crippen molar-refractivity contribution in [1.29, 1.82) is 0 Å². The lowest BCUT2D eigenvalue weighted by atomic mass is 10.3. The molecule has 6 heteroatoms. The summed E-state index contributed by atoms with van der Waals surface area (Å²) in [5.74, 6) is 0.218. The van der Waals surface area contributed by atoms with E-state index in [0.717, 1.165) is 18.8 Å². The van der Waals surface area contributed by atoms with E-state index < -0.39 is 5.97 Å². The van der Waals surface area contributed by atoms with E-state index in [4.69, 9.17) is 5.11 Å². The van der Waals surface area contributed by atoms with Crippen molar-refractivity contribution in [2.75, 3.05) is 6.54 Å². The molecule has 6 nitrogen and oxygen atoms in total. The molecule has 1 amide bonds. The molecule has 0 fully saturated rings. The molecular formula is C15H24N3O3+. The molecule has 0 aliphatic heterocycles. The smallest absolute Gasteiger partial charge is 0.303 e. The van der Waals surface area contributed by atoms with Gasteiger partial charge in [-0.2, -0.15) is 0 Å². The molecule has 21 heavy (non-hydrogen) atoms. The number of carboxylic acid groups (broad SMARTS) is 1. The Morgan fingerprint density at radius 3 is 2.76 bits per heavy atom. The summed E-state index contributed by atoms with van der Waals surface area (Å²) in [6.45, 7) is 9.41. The van der Waals surface area contributed by atoms with Crippen LogP contribution in [0, 0.1) is 6.92 Å². The average molecular weight is 294 g/mol. The van der Waals surface area contributed by atoms with Gasteiger partial charge in [0.15, 0.2) is 0 Å². The van der Waals surface area contributed by atoms with Crippen molar-refractivity contribution in [3.05, 3.63) is 30.4 Å². The number of imidazole rings is 1.